The average Bonchev–Trinajstić information content (AvgIpc) is 3.44. The Kier molecular flexibility index (Phi) is 8.18. The highest BCUT2D eigenvalue weighted by Gasteiger charge is 2.67. The molecule has 2 saturated carbocycles. The summed E-state index contributed by atoms with van der Waals surface area (Å²) < 4.78 is 22.2. The number of ether oxygens (including phenoxy) is 4. The van der Waals surface area contributed by atoms with Crippen molar-refractivity contribution in [1.82, 2.24) is 0 Å². The van der Waals surface area contributed by atoms with Gasteiger partial charge < -0.3 is 18.9 Å². The Labute approximate surface area is 204 Å². The van der Waals surface area contributed by atoms with E-state index in [0.717, 1.165) is 19.3 Å². The van der Waals surface area contributed by atoms with Crippen molar-refractivity contribution in [3.63, 3.8) is 0 Å². The first-order chi connectivity index (χ1) is 16.0. The van der Waals surface area contributed by atoms with Crippen molar-refractivity contribution in [3.05, 3.63) is 0 Å². The molecule has 2 aliphatic heterocycles. The molecule has 4 rings (SSSR count). The van der Waals surface area contributed by atoms with Crippen molar-refractivity contribution in [1.29, 1.82) is 0 Å². The molecular formula is C27H44O7. The summed E-state index contributed by atoms with van der Waals surface area (Å²) in [6.07, 6.45) is 2.58. The van der Waals surface area contributed by atoms with Gasteiger partial charge in [-0.3, -0.25) is 14.4 Å². The van der Waals surface area contributed by atoms with Crippen molar-refractivity contribution < 1.29 is 33.3 Å². The number of rotatable bonds is 5. The van der Waals surface area contributed by atoms with E-state index in [1.807, 2.05) is 13.8 Å². The van der Waals surface area contributed by atoms with Gasteiger partial charge in [-0.05, 0) is 74.5 Å². The summed E-state index contributed by atoms with van der Waals surface area (Å²) in [5.41, 5.74) is -1.15. The highest BCUT2D eigenvalue weighted by atomic mass is 16.7. The lowest BCUT2D eigenvalue weighted by Crippen LogP contribution is -2.52. The number of hydrogen-bond donors (Lipinski definition) is 0. The number of fused-ring (bicyclic) bond motifs is 2. The van der Waals surface area contributed by atoms with E-state index >= 15 is 0 Å². The van der Waals surface area contributed by atoms with Gasteiger partial charge in [0.2, 0.25) is 0 Å². The molecule has 34 heavy (non-hydrogen) atoms. The number of cyclic esters (lactones) is 2. The zero-order valence-electron chi connectivity index (χ0n) is 22.3. The van der Waals surface area contributed by atoms with E-state index in [9.17, 15) is 14.4 Å². The Morgan fingerprint density at radius 1 is 0.941 bits per heavy atom. The van der Waals surface area contributed by atoms with Gasteiger partial charge >= 0.3 is 17.9 Å². The smallest absolute Gasteiger partial charge is 0.318 e. The number of hydrogen-bond acceptors (Lipinski definition) is 7. The lowest BCUT2D eigenvalue weighted by atomic mass is 9.57. The Bertz CT molecular complexity index is 777. The molecule has 0 aromatic rings. The predicted octanol–water partition coefficient (Wildman–Crippen LogP) is 4.47. The molecule has 7 nitrogen and oxygen atoms in total. The number of carbonyl (C=O) groups excluding carboxylic acids is 3. The second-order valence-corrected chi connectivity index (χ2v) is 11.2. The monoisotopic (exact) mass is 480 g/mol. The van der Waals surface area contributed by atoms with Crippen LogP contribution in [0.15, 0.2) is 0 Å². The first-order valence-electron chi connectivity index (χ1n) is 13.1. The minimum absolute atomic E-state index is 0.0472. The predicted molar refractivity (Wildman–Crippen MR) is 126 cm³/mol. The summed E-state index contributed by atoms with van der Waals surface area (Å²) in [5.74, 6) is -1.08. The van der Waals surface area contributed by atoms with Crippen LogP contribution in [0.1, 0.15) is 67.7 Å². The summed E-state index contributed by atoms with van der Waals surface area (Å²) >= 11 is 0. The molecule has 2 bridgehead atoms. The van der Waals surface area contributed by atoms with Gasteiger partial charge in [-0.2, -0.15) is 0 Å². The van der Waals surface area contributed by atoms with Gasteiger partial charge in [0.15, 0.2) is 6.29 Å². The Hall–Kier alpha value is -1.47. The van der Waals surface area contributed by atoms with Gasteiger partial charge in [-0.25, -0.2) is 0 Å². The maximum atomic E-state index is 13.2. The van der Waals surface area contributed by atoms with E-state index in [2.05, 4.69) is 20.8 Å². The summed E-state index contributed by atoms with van der Waals surface area (Å²) in [5, 5.41) is 0. The van der Waals surface area contributed by atoms with E-state index in [-0.39, 0.29) is 30.1 Å². The molecule has 0 N–H and O–H groups in total. The quantitative estimate of drug-likeness (QED) is 0.424. The number of esters is 3. The highest BCUT2D eigenvalue weighted by Crippen LogP contribution is 2.65. The standard InChI is InChI=1S/C25H38O7.C2H6/c1-11-8-9-16(29-6)31-21(11)18-15-10-14(12(2)13(15)3)17(18)19-20(23(27)32-22(19)26)25(4,5)24(28)30-7;1-2/h11-21H,8-10H2,1-7H3;1-2H3. The molecule has 2 saturated heterocycles. The Balaban J connectivity index is 0.00000158. The lowest BCUT2D eigenvalue weighted by Gasteiger charge is -2.48. The van der Waals surface area contributed by atoms with Crippen LogP contribution >= 0.6 is 0 Å². The molecular weight excluding hydrogens is 436 g/mol. The summed E-state index contributed by atoms with van der Waals surface area (Å²) in [4.78, 5) is 38.7. The fourth-order valence-electron chi connectivity index (χ4n) is 7.69. The van der Waals surface area contributed by atoms with Gasteiger partial charge in [-0.15, -0.1) is 0 Å². The first-order valence-corrected chi connectivity index (χ1v) is 13.1. The Morgan fingerprint density at radius 3 is 2.09 bits per heavy atom. The van der Waals surface area contributed by atoms with Crippen molar-refractivity contribution in [2.24, 2.45) is 58.7 Å². The summed E-state index contributed by atoms with van der Waals surface area (Å²) in [6.45, 7) is 14.1. The third-order valence-electron chi connectivity index (χ3n) is 9.52. The summed E-state index contributed by atoms with van der Waals surface area (Å²) in [7, 11) is 2.98. The SMILES string of the molecule is CC.COC(=O)C(C)(C)C1C(=O)OC(=O)C1C1C2CC(C(C)C2C)C1C1OC(OC)CCC1C. The van der Waals surface area contributed by atoms with Crippen molar-refractivity contribution in [2.45, 2.75) is 80.1 Å². The minimum Gasteiger partial charge on any atom is -0.469 e. The molecule has 7 heteroatoms. The number of methoxy groups -OCH3 is 2. The van der Waals surface area contributed by atoms with Crippen LogP contribution in [0.25, 0.3) is 0 Å². The van der Waals surface area contributed by atoms with Crippen LogP contribution in [-0.4, -0.2) is 44.5 Å². The topological polar surface area (TPSA) is 88.1 Å². The average molecular weight is 481 g/mol. The van der Waals surface area contributed by atoms with Crippen LogP contribution < -0.4 is 0 Å². The van der Waals surface area contributed by atoms with Crippen LogP contribution in [0.3, 0.4) is 0 Å². The van der Waals surface area contributed by atoms with Gasteiger partial charge in [0, 0.05) is 7.11 Å². The molecule has 11 unspecified atom stereocenters. The zero-order chi connectivity index (χ0) is 25.5. The van der Waals surface area contributed by atoms with Gasteiger partial charge in [-0.1, -0.05) is 34.6 Å². The van der Waals surface area contributed by atoms with Crippen LogP contribution in [0, 0.1) is 58.7 Å². The molecule has 2 heterocycles. The van der Waals surface area contributed by atoms with Crippen LogP contribution in [0.5, 0.6) is 0 Å². The molecule has 2 aliphatic carbocycles. The molecule has 4 fully saturated rings. The van der Waals surface area contributed by atoms with Crippen LogP contribution in [-0.2, 0) is 33.3 Å². The van der Waals surface area contributed by atoms with E-state index in [1.54, 1.807) is 21.0 Å². The second-order valence-electron chi connectivity index (χ2n) is 11.2. The first kappa shape index (κ1) is 27.1. The third kappa shape index (κ3) is 4.21. The maximum absolute atomic E-state index is 13.2. The zero-order valence-corrected chi connectivity index (χ0v) is 22.3. The second kappa shape index (κ2) is 10.3. The van der Waals surface area contributed by atoms with Crippen molar-refractivity contribution >= 4 is 17.9 Å². The van der Waals surface area contributed by atoms with E-state index < -0.39 is 35.2 Å². The van der Waals surface area contributed by atoms with Gasteiger partial charge in [0.1, 0.15) is 0 Å². The normalized spacial score (nSPS) is 43.9. The molecule has 194 valence electrons. The van der Waals surface area contributed by atoms with E-state index in [4.69, 9.17) is 18.9 Å². The van der Waals surface area contributed by atoms with Crippen LogP contribution in [0.2, 0.25) is 0 Å². The summed E-state index contributed by atoms with van der Waals surface area (Å²) in [6, 6.07) is 0. The fourth-order valence-corrected chi connectivity index (χ4v) is 7.69. The Morgan fingerprint density at radius 2 is 1.53 bits per heavy atom. The molecule has 4 aliphatic rings. The molecule has 0 radical (unpaired) electrons. The lowest BCUT2D eigenvalue weighted by molar-refractivity contribution is -0.224. The highest BCUT2D eigenvalue weighted by molar-refractivity contribution is 5.99. The largest absolute Gasteiger partial charge is 0.469 e. The van der Waals surface area contributed by atoms with Crippen LogP contribution in [0.4, 0.5) is 0 Å². The van der Waals surface area contributed by atoms with Gasteiger partial charge in [0.25, 0.3) is 0 Å². The van der Waals surface area contributed by atoms with E-state index in [0.29, 0.717) is 23.7 Å². The van der Waals surface area contributed by atoms with Gasteiger partial charge in [0.05, 0.1) is 30.5 Å². The molecule has 11 atom stereocenters. The van der Waals surface area contributed by atoms with Crippen molar-refractivity contribution in [2.75, 3.05) is 14.2 Å². The number of carbonyl (C=O) groups is 3. The molecule has 0 spiro atoms. The molecule has 0 aromatic carbocycles. The minimum atomic E-state index is -1.15. The molecule has 0 aromatic heterocycles. The third-order valence-corrected chi connectivity index (χ3v) is 9.52. The fraction of sp³-hybridized carbons (Fsp3) is 0.889. The molecule has 0 amide bonds. The van der Waals surface area contributed by atoms with Crippen molar-refractivity contribution in [3.8, 4) is 0 Å². The maximum Gasteiger partial charge on any atom is 0.318 e. The van der Waals surface area contributed by atoms with E-state index in [1.165, 1.54) is 7.11 Å².